The Kier molecular flexibility index (Phi) is 5.42. The third-order valence-corrected chi connectivity index (χ3v) is 4.50. The maximum absolute atomic E-state index is 12.3. The third kappa shape index (κ3) is 4.10. The summed E-state index contributed by atoms with van der Waals surface area (Å²) >= 11 is 0. The lowest BCUT2D eigenvalue weighted by molar-refractivity contribution is -0.139. The first-order chi connectivity index (χ1) is 10.8. The van der Waals surface area contributed by atoms with Crippen molar-refractivity contribution in [1.82, 2.24) is 4.90 Å². The number of hydrogen-bond acceptors (Lipinski definition) is 3. The van der Waals surface area contributed by atoms with E-state index < -0.39 is 6.10 Å². The molecule has 0 aromatic heterocycles. The van der Waals surface area contributed by atoms with Crippen LogP contribution in [0, 0.1) is 26.7 Å². The topological polar surface area (TPSA) is 69.6 Å². The maximum atomic E-state index is 12.3. The summed E-state index contributed by atoms with van der Waals surface area (Å²) in [6, 6.07) is 4.04. The zero-order valence-electron chi connectivity index (χ0n) is 14.3. The average Bonchev–Trinajstić information content (AvgIpc) is 2.88. The molecule has 1 aromatic rings. The van der Waals surface area contributed by atoms with Crippen LogP contribution in [0.25, 0.3) is 0 Å². The highest BCUT2D eigenvalue weighted by atomic mass is 16.3. The first-order valence-electron chi connectivity index (χ1n) is 8.10. The number of aliphatic hydroxyl groups is 1. The molecule has 0 bridgehead atoms. The van der Waals surface area contributed by atoms with Gasteiger partial charge in [0.2, 0.25) is 11.8 Å². The lowest BCUT2D eigenvalue weighted by atomic mass is 10.0. The summed E-state index contributed by atoms with van der Waals surface area (Å²) in [5.74, 6) is -0.735. The predicted molar refractivity (Wildman–Crippen MR) is 90.3 cm³/mol. The molecule has 1 aliphatic rings. The molecule has 1 saturated carbocycles. The Hall–Kier alpha value is -1.88. The Bertz CT molecular complexity index is 589. The van der Waals surface area contributed by atoms with Crippen LogP contribution in [0.3, 0.4) is 0 Å². The Morgan fingerprint density at radius 1 is 1.22 bits per heavy atom. The molecule has 0 radical (unpaired) electrons. The van der Waals surface area contributed by atoms with Gasteiger partial charge in [-0.2, -0.15) is 0 Å². The molecule has 5 nitrogen and oxygen atoms in total. The quantitative estimate of drug-likeness (QED) is 0.894. The fourth-order valence-corrected chi connectivity index (χ4v) is 3.36. The van der Waals surface area contributed by atoms with Crippen LogP contribution in [-0.4, -0.2) is 41.5 Å². The summed E-state index contributed by atoms with van der Waals surface area (Å²) in [5.41, 5.74) is 3.98. The monoisotopic (exact) mass is 318 g/mol. The lowest BCUT2D eigenvalue weighted by Crippen LogP contribution is -2.40. The Balaban J connectivity index is 1.98. The van der Waals surface area contributed by atoms with E-state index in [9.17, 15) is 14.7 Å². The second-order valence-electron chi connectivity index (χ2n) is 6.62. The largest absolute Gasteiger partial charge is 0.392 e. The van der Waals surface area contributed by atoms with Gasteiger partial charge in [0, 0.05) is 12.7 Å². The van der Waals surface area contributed by atoms with Gasteiger partial charge < -0.3 is 15.3 Å². The number of nitrogens with one attached hydrogen (secondary N) is 1. The molecule has 1 fully saturated rings. The number of likely N-dealkylation sites (N-methyl/N-ethyl adjacent to an activating group) is 1. The summed E-state index contributed by atoms with van der Waals surface area (Å²) in [4.78, 5) is 26.0. The van der Waals surface area contributed by atoms with Crippen molar-refractivity contribution in [2.45, 2.75) is 46.1 Å². The minimum atomic E-state index is -0.574. The molecule has 0 heterocycles. The SMILES string of the molecule is Cc1cc(C)c(NC(=O)CN(C)C(=O)C2CCCC2O)c(C)c1. The number of carbonyl (C=O) groups excluding carboxylic acids is 2. The minimum Gasteiger partial charge on any atom is -0.392 e. The van der Waals surface area contributed by atoms with Gasteiger partial charge in [0.25, 0.3) is 0 Å². The lowest BCUT2D eigenvalue weighted by Gasteiger charge is -2.23. The van der Waals surface area contributed by atoms with Crippen LogP contribution in [0.2, 0.25) is 0 Å². The Morgan fingerprint density at radius 2 is 1.83 bits per heavy atom. The van der Waals surface area contributed by atoms with Crippen molar-refractivity contribution >= 4 is 17.5 Å². The molecule has 0 spiro atoms. The van der Waals surface area contributed by atoms with E-state index in [-0.39, 0.29) is 24.3 Å². The zero-order chi connectivity index (χ0) is 17.1. The number of carbonyl (C=O) groups is 2. The van der Waals surface area contributed by atoms with E-state index in [1.165, 1.54) is 4.90 Å². The van der Waals surface area contributed by atoms with Crippen molar-refractivity contribution in [1.29, 1.82) is 0 Å². The Labute approximate surface area is 137 Å². The molecule has 0 saturated heterocycles. The van der Waals surface area contributed by atoms with Gasteiger partial charge >= 0.3 is 0 Å². The number of benzene rings is 1. The molecule has 2 rings (SSSR count). The zero-order valence-corrected chi connectivity index (χ0v) is 14.3. The minimum absolute atomic E-state index is 0.00515. The van der Waals surface area contributed by atoms with E-state index in [0.29, 0.717) is 12.8 Å². The van der Waals surface area contributed by atoms with Gasteiger partial charge in [-0.05, 0) is 51.2 Å². The summed E-state index contributed by atoms with van der Waals surface area (Å²) in [5, 5.41) is 12.7. The van der Waals surface area contributed by atoms with E-state index in [4.69, 9.17) is 0 Å². The van der Waals surface area contributed by atoms with E-state index in [1.54, 1.807) is 7.05 Å². The van der Waals surface area contributed by atoms with Crippen LogP contribution in [0.15, 0.2) is 12.1 Å². The highest BCUT2D eigenvalue weighted by Crippen LogP contribution is 2.27. The van der Waals surface area contributed by atoms with Gasteiger partial charge in [-0.3, -0.25) is 9.59 Å². The second kappa shape index (κ2) is 7.13. The van der Waals surface area contributed by atoms with Crippen molar-refractivity contribution in [2.75, 3.05) is 18.9 Å². The third-order valence-electron chi connectivity index (χ3n) is 4.50. The normalized spacial score (nSPS) is 20.4. The number of hydrogen-bond donors (Lipinski definition) is 2. The molecule has 1 aromatic carbocycles. The van der Waals surface area contributed by atoms with Gasteiger partial charge in [-0.25, -0.2) is 0 Å². The summed E-state index contributed by atoms with van der Waals surface area (Å²) in [7, 11) is 1.61. The number of anilines is 1. The molecular weight excluding hydrogens is 292 g/mol. The molecule has 23 heavy (non-hydrogen) atoms. The average molecular weight is 318 g/mol. The number of rotatable bonds is 4. The fourth-order valence-electron chi connectivity index (χ4n) is 3.36. The van der Waals surface area contributed by atoms with Gasteiger partial charge in [0.05, 0.1) is 18.6 Å². The second-order valence-corrected chi connectivity index (χ2v) is 6.62. The van der Waals surface area contributed by atoms with Gasteiger partial charge in [-0.1, -0.05) is 17.7 Å². The summed E-state index contributed by atoms with van der Waals surface area (Å²) in [6.07, 6.45) is 1.65. The highest BCUT2D eigenvalue weighted by Gasteiger charge is 2.33. The van der Waals surface area contributed by atoms with Crippen LogP contribution in [0.5, 0.6) is 0 Å². The molecule has 5 heteroatoms. The number of aryl methyl sites for hydroxylation is 3. The molecule has 1 aliphatic carbocycles. The number of aliphatic hydroxyl groups excluding tert-OH is 1. The molecule has 2 N–H and O–H groups in total. The van der Waals surface area contributed by atoms with E-state index in [0.717, 1.165) is 28.8 Å². The van der Waals surface area contributed by atoms with Crippen molar-refractivity contribution in [2.24, 2.45) is 5.92 Å². The van der Waals surface area contributed by atoms with Gasteiger partial charge in [-0.15, -0.1) is 0 Å². The first kappa shape index (κ1) is 17.5. The molecule has 2 amide bonds. The van der Waals surface area contributed by atoms with Crippen LogP contribution in [0.4, 0.5) is 5.69 Å². The van der Waals surface area contributed by atoms with E-state index in [1.807, 2.05) is 32.9 Å². The predicted octanol–water partition coefficient (Wildman–Crippen LogP) is 2.17. The first-order valence-corrected chi connectivity index (χ1v) is 8.10. The van der Waals surface area contributed by atoms with Crippen LogP contribution in [0.1, 0.15) is 36.0 Å². The molecule has 2 unspecified atom stereocenters. The smallest absolute Gasteiger partial charge is 0.243 e. The van der Waals surface area contributed by atoms with Crippen LogP contribution < -0.4 is 5.32 Å². The van der Waals surface area contributed by atoms with E-state index in [2.05, 4.69) is 5.32 Å². The van der Waals surface area contributed by atoms with Crippen molar-refractivity contribution in [3.05, 3.63) is 28.8 Å². The van der Waals surface area contributed by atoms with Crippen molar-refractivity contribution < 1.29 is 14.7 Å². The van der Waals surface area contributed by atoms with E-state index >= 15 is 0 Å². The molecule has 0 aliphatic heterocycles. The van der Waals surface area contributed by atoms with Crippen LogP contribution >= 0.6 is 0 Å². The number of amides is 2. The fraction of sp³-hybridized carbons (Fsp3) is 0.556. The van der Waals surface area contributed by atoms with Gasteiger partial charge in [0.15, 0.2) is 0 Å². The van der Waals surface area contributed by atoms with Crippen LogP contribution in [-0.2, 0) is 9.59 Å². The molecular formula is C18H26N2O3. The highest BCUT2D eigenvalue weighted by molar-refractivity contribution is 5.96. The standard InChI is InChI=1S/C18H26N2O3/c1-11-8-12(2)17(13(3)9-11)19-16(22)10-20(4)18(23)14-6-5-7-15(14)21/h8-9,14-15,21H,5-7,10H2,1-4H3,(H,19,22). The summed E-state index contributed by atoms with van der Waals surface area (Å²) in [6.45, 7) is 5.93. The summed E-state index contributed by atoms with van der Waals surface area (Å²) < 4.78 is 0. The maximum Gasteiger partial charge on any atom is 0.243 e. The number of nitrogens with zero attached hydrogens (tertiary/aromatic N) is 1. The van der Waals surface area contributed by atoms with Crippen molar-refractivity contribution in [3.8, 4) is 0 Å². The molecule has 2 atom stereocenters. The molecule has 126 valence electrons. The Morgan fingerprint density at radius 3 is 2.35 bits per heavy atom. The van der Waals surface area contributed by atoms with Crippen molar-refractivity contribution in [3.63, 3.8) is 0 Å². The van der Waals surface area contributed by atoms with Gasteiger partial charge in [0.1, 0.15) is 0 Å².